The molecular formula is C15H15N3O3. The summed E-state index contributed by atoms with van der Waals surface area (Å²) in [4.78, 5) is 10.3. The van der Waals surface area contributed by atoms with Crippen LogP contribution in [0.4, 0.5) is 5.69 Å². The molecule has 0 aliphatic carbocycles. The van der Waals surface area contributed by atoms with Gasteiger partial charge in [0.05, 0.1) is 11.0 Å². The quantitative estimate of drug-likeness (QED) is 0.389. The molecule has 2 aromatic carbocycles. The second-order valence-electron chi connectivity index (χ2n) is 4.70. The number of nitrogen functional groups attached to an aromatic ring is 1. The summed E-state index contributed by atoms with van der Waals surface area (Å²) in [6.07, 6.45) is 0. The van der Waals surface area contributed by atoms with Gasteiger partial charge < -0.3 is 10.5 Å². The summed E-state index contributed by atoms with van der Waals surface area (Å²) in [5.41, 5.74) is 7.69. The van der Waals surface area contributed by atoms with Crippen molar-refractivity contribution in [1.82, 2.24) is 0 Å². The number of rotatable bonds is 4. The molecule has 0 saturated heterocycles. The van der Waals surface area contributed by atoms with E-state index in [0.717, 1.165) is 11.1 Å². The third-order valence-electron chi connectivity index (χ3n) is 3.10. The second kappa shape index (κ2) is 5.62. The predicted molar refractivity (Wildman–Crippen MR) is 80.1 cm³/mol. The van der Waals surface area contributed by atoms with Crippen LogP contribution < -0.4 is 10.5 Å². The van der Waals surface area contributed by atoms with Gasteiger partial charge in [0.15, 0.2) is 0 Å². The van der Waals surface area contributed by atoms with Crippen molar-refractivity contribution in [2.75, 3.05) is 0 Å². The number of nitro groups is 1. The highest BCUT2D eigenvalue weighted by molar-refractivity contribution is 5.96. The highest BCUT2D eigenvalue weighted by Gasteiger charge is 2.11. The zero-order valence-electron chi connectivity index (χ0n) is 11.7. The molecule has 0 aliphatic rings. The molecule has 2 rings (SSSR count). The lowest BCUT2D eigenvalue weighted by Crippen LogP contribution is -2.12. The van der Waals surface area contributed by atoms with Gasteiger partial charge >= 0.3 is 0 Å². The van der Waals surface area contributed by atoms with Gasteiger partial charge in [-0.3, -0.25) is 15.5 Å². The fraction of sp³-hybridized carbons (Fsp3) is 0.133. The molecule has 6 nitrogen and oxygen atoms in total. The molecule has 0 aromatic heterocycles. The Balaban J connectivity index is 2.34. The van der Waals surface area contributed by atoms with E-state index in [0.29, 0.717) is 17.1 Å². The average molecular weight is 285 g/mol. The Kier molecular flexibility index (Phi) is 3.89. The minimum Gasteiger partial charge on any atom is -0.457 e. The van der Waals surface area contributed by atoms with Gasteiger partial charge in [0.25, 0.3) is 5.69 Å². The van der Waals surface area contributed by atoms with E-state index in [4.69, 9.17) is 15.9 Å². The van der Waals surface area contributed by atoms with Crippen molar-refractivity contribution in [3.8, 4) is 11.5 Å². The van der Waals surface area contributed by atoms with Gasteiger partial charge in [0, 0.05) is 11.6 Å². The van der Waals surface area contributed by atoms with E-state index in [2.05, 4.69) is 0 Å². The van der Waals surface area contributed by atoms with Crippen molar-refractivity contribution in [1.29, 1.82) is 5.41 Å². The first-order chi connectivity index (χ1) is 9.88. The van der Waals surface area contributed by atoms with Crippen molar-refractivity contribution in [3.63, 3.8) is 0 Å². The minimum absolute atomic E-state index is 0.00872. The lowest BCUT2D eigenvalue weighted by molar-refractivity contribution is -0.384. The van der Waals surface area contributed by atoms with E-state index in [1.165, 1.54) is 12.1 Å². The van der Waals surface area contributed by atoms with E-state index in [-0.39, 0.29) is 11.5 Å². The molecule has 0 spiro atoms. The van der Waals surface area contributed by atoms with Crippen LogP contribution in [0.5, 0.6) is 11.5 Å². The number of amidine groups is 1. The molecule has 21 heavy (non-hydrogen) atoms. The first-order valence-corrected chi connectivity index (χ1v) is 6.26. The maximum atomic E-state index is 10.8. The monoisotopic (exact) mass is 285 g/mol. The summed E-state index contributed by atoms with van der Waals surface area (Å²) in [5, 5.41) is 18.2. The summed E-state index contributed by atoms with van der Waals surface area (Å²) in [6, 6.07) is 9.59. The number of ether oxygens (including phenoxy) is 1. The van der Waals surface area contributed by atoms with Crippen molar-refractivity contribution in [3.05, 3.63) is 63.2 Å². The third-order valence-corrected chi connectivity index (χ3v) is 3.10. The molecule has 0 fully saturated rings. The number of nitro benzene ring substituents is 1. The number of nitrogens with zero attached hydrogens (tertiary/aromatic N) is 1. The van der Waals surface area contributed by atoms with Crippen LogP contribution in [-0.2, 0) is 0 Å². The van der Waals surface area contributed by atoms with Gasteiger partial charge in [0.1, 0.15) is 17.3 Å². The minimum atomic E-state index is -0.462. The summed E-state index contributed by atoms with van der Waals surface area (Å²) in [5.74, 6) is 0.964. The molecule has 3 N–H and O–H groups in total. The second-order valence-corrected chi connectivity index (χ2v) is 4.70. The molecule has 0 radical (unpaired) electrons. The maximum absolute atomic E-state index is 10.8. The highest BCUT2D eigenvalue weighted by Crippen LogP contribution is 2.29. The molecular weight excluding hydrogens is 270 g/mol. The molecule has 2 aromatic rings. The Morgan fingerprint density at radius 2 is 1.90 bits per heavy atom. The van der Waals surface area contributed by atoms with Crippen LogP contribution in [0.1, 0.15) is 16.7 Å². The van der Waals surface area contributed by atoms with Gasteiger partial charge in [-0.25, -0.2) is 0 Å². The van der Waals surface area contributed by atoms with Crippen molar-refractivity contribution >= 4 is 11.5 Å². The summed E-state index contributed by atoms with van der Waals surface area (Å²) < 4.78 is 5.70. The zero-order chi connectivity index (χ0) is 15.6. The van der Waals surface area contributed by atoms with Crippen LogP contribution in [-0.4, -0.2) is 10.8 Å². The number of benzene rings is 2. The molecule has 108 valence electrons. The topological polar surface area (TPSA) is 102 Å². The van der Waals surface area contributed by atoms with Crippen molar-refractivity contribution in [2.45, 2.75) is 13.8 Å². The SMILES string of the molecule is Cc1ccc([N+](=O)[O-])cc1Oc1ccc(C(=N)N)c(C)c1. The highest BCUT2D eigenvalue weighted by atomic mass is 16.6. The van der Waals surface area contributed by atoms with E-state index < -0.39 is 4.92 Å². The van der Waals surface area contributed by atoms with E-state index in [1.54, 1.807) is 24.3 Å². The molecule has 0 bridgehead atoms. The molecule has 0 aliphatic heterocycles. The maximum Gasteiger partial charge on any atom is 0.273 e. The smallest absolute Gasteiger partial charge is 0.273 e. The lowest BCUT2D eigenvalue weighted by atomic mass is 10.1. The first-order valence-electron chi connectivity index (χ1n) is 6.26. The standard InChI is InChI=1S/C15H15N3O3/c1-9-3-4-11(18(19)20)8-14(9)21-12-5-6-13(15(16)17)10(2)7-12/h3-8H,1-2H3,(H3,16,17). The van der Waals surface area contributed by atoms with E-state index >= 15 is 0 Å². The number of nitrogens with two attached hydrogens (primary N) is 1. The predicted octanol–water partition coefficient (Wildman–Crippen LogP) is 3.29. The number of aryl methyl sites for hydroxylation is 2. The Morgan fingerprint density at radius 1 is 1.19 bits per heavy atom. The summed E-state index contributed by atoms with van der Waals surface area (Å²) in [6.45, 7) is 3.64. The lowest BCUT2D eigenvalue weighted by Gasteiger charge is -2.11. The molecule has 0 unspecified atom stereocenters. The number of non-ortho nitro benzene ring substituents is 1. The number of hydrogen-bond acceptors (Lipinski definition) is 4. The molecule has 0 amide bonds. The van der Waals surface area contributed by atoms with Crippen LogP contribution in [0, 0.1) is 29.4 Å². The van der Waals surface area contributed by atoms with Crippen LogP contribution >= 0.6 is 0 Å². The van der Waals surface area contributed by atoms with Gasteiger partial charge in [0.2, 0.25) is 0 Å². The fourth-order valence-corrected chi connectivity index (χ4v) is 1.94. The van der Waals surface area contributed by atoms with Crippen LogP contribution in [0.25, 0.3) is 0 Å². The van der Waals surface area contributed by atoms with Crippen LogP contribution in [0.3, 0.4) is 0 Å². The average Bonchev–Trinajstić information content (AvgIpc) is 2.40. The first kappa shape index (κ1) is 14.5. The third kappa shape index (κ3) is 3.17. The van der Waals surface area contributed by atoms with Gasteiger partial charge in [-0.2, -0.15) is 0 Å². The normalized spacial score (nSPS) is 10.2. The van der Waals surface area contributed by atoms with Crippen LogP contribution in [0.15, 0.2) is 36.4 Å². The molecule has 6 heteroatoms. The Bertz CT molecular complexity index is 726. The summed E-state index contributed by atoms with van der Waals surface area (Å²) >= 11 is 0. The Morgan fingerprint density at radius 3 is 2.48 bits per heavy atom. The molecule has 0 heterocycles. The van der Waals surface area contributed by atoms with Crippen molar-refractivity contribution in [2.24, 2.45) is 5.73 Å². The van der Waals surface area contributed by atoms with Gasteiger partial charge in [-0.15, -0.1) is 0 Å². The zero-order valence-corrected chi connectivity index (χ0v) is 11.7. The van der Waals surface area contributed by atoms with Gasteiger partial charge in [-0.05, 0) is 49.2 Å². The van der Waals surface area contributed by atoms with Crippen LogP contribution in [0.2, 0.25) is 0 Å². The molecule has 0 atom stereocenters. The van der Waals surface area contributed by atoms with E-state index in [9.17, 15) is 10.1 Å². The van der Waals surface area contributed by atoms with Crippen molar-refractivity contribution < 1.29 is 9.66 Å². The van der Waals surface area contributed by atoms with Gasteiger partial charge in [-0.1, -0.05) is 0 Å². The summed E-state index contributed by atoms with van der Waals surface area (Å²) in [7, 11) is 0. The number of nitrogens with one attached hydrogen (secondary N) is 1. The Hall–Kier alpha value is -2.89. The fourth-order valence-electron chi connectivity index (χ4n) is 1.94. The Labute approximate surface area is 121 Å². The van der Waals surface area contributed by atoms with E-state index in [1.807, 2.05) is 13.8 Å². The largest absolute Gasteiger partial charge is 0.457 e. The molecule has 0 saturated carbocycles. The number of hydrogen-bond donors (Lipinski definition) is 2.